The second-order valence-electron chi connectivity index (χ2n) is 4.82. The van der Waals surface area contributed by atoms with E-state index in [0.29, 0.717) is 17.4 Å². The Bertz CT molecular complexity index is 143. The molecule has 72 valence electrons. The Kier molecular flexibility index (Phi) is 3.13. The van der Waals surface area contributed by atoms with Crippen molar-refractivity contribution in [3.63, 3.8) is 0 Å². The number of aliphatic hydroxyl groups excluding tert-OH is 1. The van der Waals surface area contributed by atoms with E-state index in [0.717, 1.165) is 19.4 Å². The van der Waals surface area contributed by atoms with Crippen molar-refractivity contribution < 1.29 is 9.84 Å². The van der Waals surface area contributed by atoms with E-state index in [4.69, 9.17) is 9.84 Å². The van der Waals surface area contributed by atoms with Gasteiger partial charge in [0.05, 0.1) is 12.7 Å². The predicted molar refractivity (Wildman–Crippen MR) is 49.0 cm³/mol. The van der Waals surface area contributed by atoms with Gasteiger partial charge in [-0.1, -0.05) is 20.8 Å². The average molecular weight is 172 g/mol. The summed E-state index contributed by atoms with van der Waals surface area (Å²) in [6.45, 7) is 7.68. The maximum absolute atomic E-state index is 8.87. The molecule has 0 spiro atoms. The fourth-order valence-corrected chi connectivity index (χ4v) is 1.75. The third-order valence-corrected chi connectivity index (χ3v) is 2.47. The minimum Gasteiger partial charge on any atom is -0.396 e. The molecular weight excluding hydrogens is 152 g/mol. The summed E-state index contributed by atoms with van der Waals surface area (Å²) in [7, 11) is 0. The topological polar surface area (TPSA) is 29.5 Å². The molecule has 0 amide bonds. The van der Waals surface area contributed by atoms with Crippen LogP contribution in [0.5, 0.6) is 0 Å². The smallest absolute Gasteiger partial charge is 0.0584 e. The summed E-state index contributed by atoms with van der Waals surface area (Å²) in [6, 6.07) is 0. The van der Waals surface area contributed by atoms with E-state index in [2.05, 4.69) is 20.8 Å². The average Bonchev–Trinajstić information content (AvgIpc) is 2.30. The predicted octanol–water partition coefficient (Wildman–Crippen LogP) is 1.82. The van der Waals surface area contributed by atoms with Crippen LogP contribution in [-0.2, 0) is 4.74 Å². The van der Waals surface area contributed by atoms with Crippen LogP contribution in [0.4, 0.5) is 0 Å². The molecule has 2 nitrogen and oxygen atoms in total. The molecule has 1 heterocycles. The standard InChI is InChI=1S/C10H20O2/c1-8(6-11)4-9-5-10(2,3)7-12-9/h8-9,11H,4-7H2,1-3H3. The number of hydrogen-bond donors (Lipinski definition) is 1. The van der Waals surface area contributed by atoms with E-state index in [9.17, 15) is 0 Å². The van der Waals surface area contributed by atoms with Crippen LogP contribution in [0, 0.1) is 11.3 Å². The molecule has 0 bridgehead atoms. The van der Waals surface area contributed by atoms with Gasteiger partial charge in [0.15, 0.2) is 0 Å². The van der Waals surface area contributed by atoms with Gasteiger partial charge in [0, 0.05) is 6.61 Å². The van der Waals surface area contributed by atoms with Gasteiger partial charge in [-0.05, 0) is 24.2 Å². The Hall–Kier alpha value is -0.0800. The van der Waals surface area contributed by atoms with Crippen LogP contribution in [-0.4, -0.2) is 24.4 Å². The molecule has 1 aliphatic heterocycles. The molecule has 0 aromatic carbocycles. The highest BCUT2D eigenvalue weighted by molar-refractivity contribution is 4.81. The lowest BCUT2D eigenvalue weighted by atomic mass is 9.88. The molecule has 1 aliphatic rings. The van der Waals surface area contributed by atoms with Crippen molar-refractivity contribution in [2.24, 2.45) is 11.3 Å². The second-order valence-corrected chi connectivity index (χ2v) is 4.82. The zero-order valence-electron chi connectivity index (χ0n) is 8.34. The molecule has 1 N–H and O–H groups in total. The Morgan fingerprint density at radius 2 is 2.25 bits per heavy atom. The van der Waals surface area contributed by atoms with Crippen molar-refractivity contribution >= 4 is 0 Å². The van der Waals surface area contributed by atoms with Crippen molar-refractivity contribution in [2.75, 3.05) is 13.2 Å². The van der Waals surface area contributed by atoms with Gasteiger partial charge in [-0.3, -0.25) is 0 Å². The normalized spacial score (nSPS) is 30.5. The van der Waals surface area contributed by atoms with Gasteiger partial charge in [-0.2, -0.15) is 0 Å². The van der Waals surface area contributed by atoms with Crippen LogP contribution in [0.2, 0.25) is 0 Å². The lowest BCUT2D eigenvalue weighted by Gasteiger charge is -2.15. The third-order valence-electron chi connectivity index (χ3n) is 2.47. The van der Waals surface area contributed by atoms with Gasteiger partial charge in [0.1, 0.15) is 0 Å². The van der Waals surface area contributed by atoms with Gasteiger partial charge < -0.3 is 9.84 Å². The van der Waals surface area contributed by atoms with Crippen LogP contribution >= 0.6 is 0 Å². The molecule has 2 unspecified atom stereocenters. The van der Waals surface area contributed by atoms with Gasteiger partial charge in [0.2, 0.25) is 0 Å². The molecule has 1 fully saturated rings. The molecular formula is C10H20O2. The van der Waals surface area contributed by atoms with Gasteiger partial charge in [0.25, 0.3) is 0 Å². The molecule has 0 radical (unpaired) electrons. The van der Waals surface area contributed by atoms with E-state index in [-0.39, 0.29) is 6.61 Å². The van der Waals surface area contributed by atoms with E-state index < -0.39 is 0 Å². The summed E-state index contributed by atoms with van der Waals surface area (Å²) in [4.78, 5) is 0. The van der Waals surface area contributed by atoms with Crippen LogP contribution in [0.1, 0.15) is 33.6 Å². The highest BCUT2D eigenvalue weighted by Gasteiger charge is 2.32. The van der Waals surface area contributed by atoms with Crippen LogP contribution in [0.3, 0.4) is 0 Å². The molecule has 2 atom stereocenters. The second kappa shape index (κ2) is 3.75. The molecule has 0 saturated carbocycles. The number of aliphatic hydroxyl groups is 1. The maximum Gasteiger partial charge on any atom is 0.0584 e. The summed E-state index contributed by atoms with van der Waals surface area (Å²) in [5, 5.41) is 8.87. The molecule has 0 aliphatic carbocycles. The van der Waals surface area contributed by atoms with E-state index in [1.165, 1.54) is 0 Å². The minimum atomic E-state index is 0.278. The summed E-state index contributed by atoms with van der Waals surface area (Å²) < 4.78 is 5.63. The summed E-state index contributed by atoms with van der Waals surface area (Å²) in [6.07, 6.45) is 2.51. The van der Waals surface area contributed by atoms with Crippen LogP contribution in [0.15, 0.2) is 0 Å². The zero-order chi connectivity index (χ0) is 9.19. The van der Waals surface area contributed by atoms with Crippen molar-refractivity contribution in [1.82, 2.24) is 0 Å². The summed E-state index contributed by atoms with van der Waals surface area (Å²) in [5.74, 6) is 0.379. The largest absolute Gasteiger partial charge is 0.396 e. The highest BCUT2D eigenvalue weighted by atomic mass is 16.5. The lowest BCUT2D eigenvalue weighted by molar-refractivity contribution is 0.0739. The fraction of sp³-hybridized carbons (Fsp3) is 1.00. The Morgan fingerprint density at radius 1 is 1.58 bits per heavy atom. The van der Waals surface area contributed by atoms with Crippen molar-refractivity contribution in [1.29, 1.82) is 0 Å². The van der Waals surface area contributed by atoms with Gasteiger partial charge >= 0.3 is 0 Å². The van der Waals surface area contributed by atoms with E-state index in [1.807, 2.05) is 0 Å². The quantitative estimate of drug-likeness (QED) is 0.703. The van der Waals surface area contributed by atoms with Crippen molar-refractivity contribution in [3.05, 3.63) is 0 Å². The number of hydrogen-bond acceptors (Lipinski definition) is 2. The number of ether oxygens (including phenoxy) is 1. The van der Waals surface area contributed by atoms with Crippen molar-refractivity contribution in [3.8, 4) is 0 Å². The first-order valence-corrected chi connectivity index (χ1v) is 4.76. The highest BCUT2D eigenvalue weighted by Crippen LogP contribution is 2.33. The Balaban J connectivity index is 2.28. The first kappa shape index (κ1) is 10.0. The first-order valence-electron chi connectivity index (χ1n) is 4.76. The van der Waals surface area contributed by atoms with E-state index >= 15 is 0 Å². The monoisotopic (exact) mass is 172 g/mol. The molecule has 12 heavy (non-hydrogen) atoms. The number of rotatable bonds is 3. The lowest BCUT2D eigenvalue weighted by Crippen LogP contribution is -2.14. The minimum absolute atomic E-state index is 0.278. The summed E-state index contributed by atoms with van der Waals surface area (Å²) in [5.41, 5.74) is 0.347. The van der Waals surface area contributed by atoms with Crippen LogP contribution < -0.4 is 0 Å². The van der Waals surface area contributed by atoms with Crippen molar-refractivity contribution in [2.45, 2.75) is 39.7 Å². The zero-order valence-corrected chi connectivity index (χ0v) is 8.34. The van der Waals surface area contributed by atoms with E-state index in [1.54, 1.807) is 0 Å². The molecule has 0 aromatic rings. The fourth-order valence-electron chi connectivity index (χ4n) is 1.75. The summed E-state index contributed by atoms with van der Waals surface area (Å²) >= 11 is 0. The Morgan fingerprint density at radius 3 is 2.67 bits per heavy atom. The molecule has 1 rings (SSSR count). The first-order chi connectivity index (χ1) is 5.53. The maximum atomic E-state index is 8.87. The molecule has 2 heteroatoms. The van der Waals surface area contributed by atoms with Gasteiger partial charge in [-0.25, -0.2) is 0 Å². The third kappa shape index (κ3) is 2.76. The molecule has 1 saturated heterocycles. The van der Waals surface area contributed by atoms with Gasteiger partial charge in [-0.15, -0.1) is 0 Å². The van der Waals surface area contributed by atoms with Crippen LogP contribution in [0.25, 0.3) is 0 Å². The Labute approximate surface area is 74.9 Å². The SMILES string of the molecule is CC(CO)CC1CC(C)(C)CO1. The molecule has 0 aromatic heterocycles.